The largest absolute Gasteiger partial charge is 0.284 e. The number of amides is 1. The van der Waals surface area contributed by atoms with Crippen molar-refractivity contribution >= 4 is 17.2 Å². The molecule has 1 rings (SSSR count). The van der Waals surface area contributed by atoms with Gasteiger partial charge in [-0.3, -0.25) is 9.63 Å². The minimum absolute atomic E-state index is 0.181. The Balaban J connectivity index is 2.73. The van der Waals surface area contributed by atoms with Crippen LogP contribution in [0, 0.1) is 0 Å². The molecule has 0 aromatic carbocycles. The minimum Gasteiger partial charge on any atom is -0.277 e. The van der Waals surface area contributed by atoms with E-state index in [1.54, 1.807) is 0 Å². The van der Waals surface area contributed by atoms with Crippen LogP contribution in [0.5, 0.6) is 0 Å². The lowest BCUT2D eigenvalue weighted by atomic mass is 10.2. The maximum absolute atomic E-state index is 11.3. The summed E-state index contributed by atoms with van der Waals surface area (Å²) >= 11 is 1.50. The van der Waals surface area contributed by atoms with Gasteiger partial charge in [0.15, 0.2) is 0 Å². The van der Waals surface area contributed by atoms with Crippen LogP contribution in [0.25, 0.3) is 0 Å². The Hall–Kier alpha value is -0.870. The maximum atomic E-state index is 11.3. The second kappa shape index (κ2) is 4.39. The van der Waals surface area contributed by atoms with E-state index in [4.69, 9.17) is 0 Å². The van der Waals surface area contributed by atoms with Gasteiger partial charge < -0.3 is 0 Å². The van der Waals surface area contributed by atoms with E-state index in [1.165, 1.54) is 23.3 Å². The van der Waals surface area contributed by atoms with Gasteiger partial charge in [-0.1, -0.05) is 13.8 Å². The summed E-state index contributed by atoms with van der Waals surface area (Å²) in [5, 5.41) is 0. The average molecular weight is 199 g/mol. The first-order valence-corrected chi connectivity index (χ1v) is 4.90. The number of rotatable bonds is 3. The minimum atomic E-state index is -0.181. The lowest BCUT2D eigenvalue weighted by Crippen LogP contribution is -2.20. The summed E-state index contributed by atoms with van der Waals surface area (Å²) in [6.07, 6.45) is 0. The summed E-state index contributed by atoms with van der Waals surface area (Å²) in [4.78, 5) is 17.7. The number of thiophene rings is 1. The van der Waals surface area contributed by atoms with Crippen molar-refractivity contribution in [3.05, 3.63) is 21.9 Å². The number of carbonyl (C=O) groups excluding carboxylic acids is 1. The molecule has 1 N–H and O–H groups in total. The molecule has 0 aliphatic carbocycles. The van der Waals surface area contributed by atoms with Crippen molar-refractivity contribution in [2.45, 2.75) is 19.8 Å². The van der Waals surface area contributed by atoms with Gasteiger partial charge in [-0.25, -0.2) is 5.48 Å². The predicted molar refractivity (Wildman–Crippen MR) is 52.9 cm³/mol. The number of carbonyl (C=O) groups is 1. The Morgan fingerprint density at radius 3 is 2.69 bits per heavy atom. The van der Waals surface area contributed by atoms with E-state index >= 15 is 0 Å². The number of nitrogens with one attached hydrogen (secondary N) is 1. The average Bonchev–Trinajstić information content (AvgIpc) is 2.52. The molecule has 0 saturated carbocycles. The van der Waals surface area contributed by atoms with Crippen molar-refractivity contribution in [1.29, 1.82) is 0 Å². The van der Waals surface area contributed by atoms with Gasteiger partial charge in [0.1, 0.15) is 0 Å². The summed E-state index contributed by atoms with van der Waals surface area (Å²) in [5.74, 6) is 0.286. The molecule has 3 nitrogen and oxygen atoms in total. The van der Waals surface area contributed by atoms with Crippen LogP contribution in [0.15, 0.2) is 12.1 Å². The van der Waals surface area contributed by atoms with E-state index < -0.39 is 0 Å². The Kier molecular flexibility index (Phi) is 3.45. The molecule has 1 aromatic heterocycles. The van der Waals surface area contributed by atoms with Crippen molar-refractivity contribution in [2.24, 2.45) is 0 Å². The zero-order valence-corrected chi connectivity index (χ0v) is 8.77. The van der Waals surface area contributed by atoms with E-state index in [0.717, 1.165) is 0 Å². The first-order valence-electron chi connectivity index (χ1n) is 4.08. The van der Waals surface area contributed by atoms with Crippen LogP contribution in [0.2, 0.25) is 0 Å². The molecule has 0 atom stereocenters. The summed E-state index contributed by atoms with van der Waals surface area (Å²) in [6.45, 7) is 4.20. The molecular weight excluding hydrogens is 186 g/mol. The lowest BCUT2D eigenvalue weighted by molar-refractivity contribution is 0.0542. The predicted octanol–water partition coefficient (Wildman–Crippen LogP) is 2.16. The van der Waals surface area contributed by atoms with Crippen LogP contribution in [-0.4, -0.2) is 13.0 Å². The van der Waals surface area contributed by atoms with Crippen LogP contribution in [0.3, 0.4) is 0 Å². The molecule has 0 fully saturated rings. The van der Waals surface area contributed by atoms with Crippen molar-refractivity contribution in [2.75, 3.05) is 7.11 Å². The van der Waals surface area contributed by atoms with E-state index in [1.807, 2.05) is 12.1 Å². The summed E-state index contributed by atoms with van der Waals surface area (Å²) in [7, 11) is 1.43. The van der Waals surface area contributed by atoms with Crippen LogP contribution < -0.4 is 5.48 Å². The summed E-state index contributed by atoms with van der Waals surface area (Å²) in [5.41, 5.74) is 2.29. The lowest BCUT2D eigenvalue weighted by Gasteiger charge is -1.99. The van der Waals surface area contributed by atoms with Crippen LogP contribution in [0.4, 0.5) is 0 Å². The van der Waals surface area contributed by atoms with E-state index in [0.29, 0.717) is 10.8 Å². The standard InChI is InChI=1S/C9H13NO2S/c1-6(2)7-4-5-8(13-7)9(11)10-12-3/h4-6H,1-3H3,(H,10,11). The molecular formula is C9H13NO2S. The van der Waals surface area contributed by atoms with Gasteiger partial charge in [-0.15, -0.1) is 11.3 Å². The molecule has 0 bridgehead atoms. The topological polar surface area (TPSA) is 38.3 Å². The number of hydrogen-bond donors (Lipinski definition) is 1. The first-order chi connectivity index (χ1) is 6.15. The van der Waals surface area contributed by atoms with Gasteiger partial charge in [-0.2, -0.15) is 0 Å². The molecule has 0 aliphatic rings. The normalized spacial score (nSPS) is 10.5. The van der Waals surface area contributed by atoms with E-state index in [9.17, 15) is 4.79 Å². The smallest absolute Gasteiger partial charge is 0.277 e. The Labute approximate surface area is 81.7 Å². The van der Waals surface area contributed by atoms with Gasteiger partial charge in [0.05, 0.1) is 12.0 Å². The van der Waals surface area contributed by atoms with Crippen LogP contribution in [-0.2, 0) is 4.84 Å². The number of hydroxylamine groups is 1. The summed E-state index contributed by atoms with van der Waals surface area (Å²) in [6, 6.07) is 3.79. The zero-order valence-electron chi connectivity index (χ0n) is 7.96. The highest BCUT2D eigenvalue weighted by Crippen LogP contribution is 2.23. The molecule has 72 valence electrons. The molecule has 1 aromatic rings. The Bertz CT molecular complexity index is 294. The quantitative estimate of drug-likeness (QED) is 0.757. The SMILES string of the molecule is CONC(=O)c1ccc(C(C)C)s1. The van der Waals surface area contributed by atoms with Crippen molar-refractivity contribution in [3.63, 3.8) is 0 Å². The Morgan fingerprint density at radius 1 is 1.54 bits per heavy atom. The molecule has 0 radical (unpaired) electrons. The Morgan fingerprint density at radius 2 is 2.23 bits per heavy atom. The van der Waals surface area contributed by atoms with Gasteiger partial charge >= 0.3 is 0 Å². The highest BCUT2D eigenvalue weighted by Gasteiger charge is 2.09. The molecule has 0 aliphatic heterocycles. The second-order valence-corrected chi connectivity index (χ2v) is 4.11. The molecule has 1 heterocycles. The third kappa shape index (κ3) is 2.54. The highest BCUT2D eigenvalue weighted by molar-refractivity contribution is 7.14. The third-order valence-corrected chi connectivity index (χ3v) is 3.00. The molecule has 1 amide bonds. The highest BCUT2D eigenvalue weighted by atomic mass is 32.1. The monoisotopic (exact) mass is 199 g/mol. The van der Waals surface area contributed by atoms with E-state index in [-0.39, 0.29) is 5.91 Å². The van der Waals surface area contributed by atoms with Gasteiger partial charge in [0.2, 0.25) is 0 Å². The first kappa shape index (κ1) is 10.2. The fourth-order valence-electron chi connectivity index (χ4n) is 0.928. The number of hydrogen-bond acceptors (Lipinski definition) is 3. The van der Waals surface area contributed by atoms with Gasteiger partial charge in [-0.05, 0) is 18.1 Å². The fraction of sp³-hybridized carbons (Fsp3) is 0.444. The fourth-order valence-corrected chi connectivity index (χ4v) is 1.82. The summed E-state index contributed by atoms with van der Waals surface area (Å²) < 4.78 is 0. The van der Waals surface area contributed by atoms with Gasteiger partial charge in [0, 0.05) is 4.88 Å². The van der Waals surface area contributed by atoms with Crippen LogP contribution in [0.1, 0.15) is 34.3 Å². The second-order valence-electron chi connectivity index (χ2n) is 2.99. The molecule has 0 unspecified atom stereocenters. The third-order valence-electron chi connectivity index (χ3n) is 1.61. The van der Waals surface area contributed by atoms with Crippen molar-refractivity contribution in [1.82, 2.24) is 5.48 Å². The van der Waals surface area contributed by atoms with Gasteiger partial charge in [0.25, 0.3) is 5.91 Å². The molecule has 4 heteroatoms. The van der Waals surface area contributed by atoms with Crippen LogP contribution >= 0.6 is 11.3 Å². The van der Waals surface area contributed by atoms with E-state index in [2.05, 4.69) is 24.2 Å². The van der Waals surface area contributed by atoms with Crippen molar-refractivity contribution in [3.8, 4) is 0 Å². The maximum Gasteiger partial charge on any atom is 0.284 e. The zero-order chi connectivity index (χ0) is 9.84. The molecule has 13 heavy (non-hydrogen) atoms. The molecule has 0 saturated heterocycles. The molecule has 0 spiro atoms. The van der Waals surface area contributed by atoms with Crippen molar-refractivity contribution < 1.29 is 9.63 Å².